The van der Waals surface area contributed by atoms with E-state index in [9.17, 15) is 4.79 Å². The summed E-state index contributed by atoms with van der Waals surface area (Å²) in [6.45, 7) is 12.0. The fourth-order valence-electron chi connectivity index (χ4n) is 2.72. The summed E-state index contributed by atoms with van der Waals surface area (Å²) >= 11 is 0. The molecule has 0 heterocycles. The van der Waals surface area contributed by atoms with E-state index in [1.54, 1.807) is 4.90 Å². The van der Waals surface area contributed by atoms with Gasteiger partial charge in [0.15, 0.2) is 0 Å². The zero-order valence-electron chi connectivity index (χ0n) is 15.3. The molecule has 24 heavy (non-hydrogen) atoms. The molecular weight excluding hydrogens is 314 g/mol. The number of ether oxygens (including phenoxy) is 1. The van der Waals surface area contributed by atoms with Crippen LogP contribution in [0.4, 0.5) is 4.79 Å². The Bertz CT molecular complexity index is 689. The van der Waals surface area contributed by atoms with Crippen molar-refractivity contribution in [3.63, 3.8) is 0 Å². The number of hydrogen-bond donors (Lipinski definition) is 0. The molecule has 0 aliphatic carbocycles. The van der Waals surface area contributed by atoms with Gasteiger partial charge in [0.1, 0.15) is 5.75 Å². The number of hydrogen-bond acceptors (Lipinski definition) is 2. The standard InChI is InChI=1S/C20H27NO2Si/c1-6-21(7-2)20(22)23-19-17(16-12-9-8-10-13-16)14-11-15-18(19)24(3,4)5/h8-15H,6-7H2,1-5H3. The van der Waals surface area contributed by atoms with Crippen molar-refractivity contribution in [3.05, 3.63) is 48.5 Å². The van der Waals surface area contributed by atoms with E-state index in [0.29, 0.717) is 13.1 Å². The molecule has 0 aromatic heterocycles. The molecule has 3 nitrogen and oxygen atoms in total. The largest absolute Gasteiger partial charge is 0.415 e. The van der Waals surface area contributed by atoms with Crippen LogP contribution in [0.1, 0.15) is 13.8 Å². The normalized spacial score (nSPS) is 11.2. The SMILES string of the molecule is CCN(CC)C(=O)Oc1c(-c2ccccc2)cccc1[Si](C)(C)C. The smallest absolute Gasteiger partial charge is 0.410 e. The molecular formula is C20H27NO2Si. The average molecular weight is 342 g/mol. The van der Waals surface area contributed by atoms with Gasteiger partial charge in [0.25, 0.3) is 0 Å². The first-order chi connectivity index (χ1) is 11.4. The molecule has 1 amide bonds. The monoisotopic (exact) mass is 341 g/mol. The van der Waals surface area contributed by atoms with Crippen LogP contribution in [0.5, 0.6) is 5.75 Å². The third-order valence-electron chi connectivity index (χ3n) is 4.12. The predicted molar refractivity (Wildman–Crippen MR) is 104 cm³/mol. The van der Waals surface area contributed by atoms with Gasteiger partial charge in [-0.05, 0) is 24.6 Å². The number of amides is 1. The summed E-state index contributed by atoms with van der Waals surface area (Å²) in [7, 11) is -1.66. The molecule has 0 bridgehead atoms. The van der Waals surface area contributed by atoms with Crippen molar-refractivity contribution >= 4 is 19.4 Å². The van der Waals surface area contributed by atoms with Crippen molar-refractivity contribution in [2.24, 2.45) is 0 Å². The van der Waals surface area contributed by atoms with Gasteiger partial charge in [-0.3, -0.25) is 0 Å². The third kappa shape index (κ3) is 4.06. The first-order valence-corrected chi connectivity index (χ1v) is 12.0. The summed E-state index contributed by atoms with van der Waals surface area (Å²) in [4.78, 5) is 14.3. The second-order valence-corrected chi connectivity index (χ2v) is 11.9. The molecule has 0 saturated heterocycles. The molecule has 2 rings (SSSR count). The molecule has 0 spiro atoms. The minimum absolute atomic E-state index is 0.275. The van der Waals surface area contributed by atoms with Crippen LogP contribution in [0.15, 0.2) is 48.5 Å². The molecule has 0 N–H and O–H groups in total. The Morgan fingerprint density at radius 1 is 0.958 bits per heavy atom. The predicted octanol–water partition coefficient (Wildman–Crippen LogP) is 4.74. The lowest BCUT2D eigenvalue weighted by Crippen LogP contribution is -2.41. The van der Waals surface area contributed by atoms with Gasteiger partial charge in [-0.15, -0.1) is 0 Å². The first-order valence-electron chi connectivity index (χ1n) is 8.54. The number of nitrogens with zero attached hydrogens (tertiary/aromatic N) is 1. The van der Waals surface area contributed by atoms with E-state index in [1.165, 1.54) is 5.19 Å². The Kier molecular flexibility index (Phi) is 5.83. The molecule has 2 aromatic carbocycles. The van der Waals surface area contributed by atoms with Crippen LogP contribution in [0.3, 0.4) is 0 Å². The minimum atomic E-state index is -1.66. The van der Waals surface area contributed by atoms with Crippen molar-refractivity contribution in [2.75, 3.05) is 13.1 Å². The lowest BCUT2D eigenvalue weighted by molar-refractivity contribution is 0.158. The second kappa shape index (κ2) is 7.66. The lowest BCUT2D eigenvalue weighted by atomic mass is 10.0. The molecule has 0 atom stereocenters. The highest BCUT2D eigenvalue weighted by Gasteiger charge is 2.26. The van der Waals surface area contributed by atoms with Gasteiger partial charge in [-0.1, -0.05) is 68.2 Å². The number of carbonyl (C=O) groups is 1. The summed E-state index contributed by atoms with van der Waals surface area (Å²) in [5, 5.41) is 1.17. The Hall–Kier alpha value is -2.07. The number of rotatable bonds is 5. The number of carbonyl (C=O) groups excluding carboxylic acids is 1. The van der Waals surface area contributed by atoms with Crippen molar-refractivity contribution in [3.8, 4) is 16.9 Å². The van der Waals surface area contributed by atoms with E-state index in [1.807, 2.05) is 38.1 Å². The Labute approximate surface area is 146 Å². The highest BCUT2D eigenvalue weighted by molar-refractivity contribution is 6.89. The van der Waals surface area contributed by atoms with Gasteiger partial charge in [0, 0.05) is 18.7 Å². The van der Waals surface area contributed by atoms with E-state index >= 15 is 0 Å². The first kappa shape index (κ1) is 18.3. The molecule has 0 radical (unpaired) electrons. The highest BCUT2D eigenvalue weighted by atomic mass is 28.3. The molecule has 0 aliphatic heterocycles. The van der Waals surface area contributed by atoms with Crippen LogP contribution >= 0.6 is 0 Å². The van der Waals surface area contributed by atoms with E-state index in [4.69, 9.17) is 4.74 Å². The molecule has 128 valence electrons. The van der Waals surface area contributed by atoms with Gasteiger partial charge in [-0.2, -0.15) is 0 Å². The molecule has 4 heteroatoms. The van der Waals surface area contributed by atoms with Crippen LogP contribution in [-0.4, -0.2) is 32.2 Å². The Morgan fingerprint density at radius 3 is 2.12 bits per heavy atom. The quantitative estimate of drug-likeness (QED) is 0.735. The average Bonchev–Trinajstić information content (AvgIpc) is 2.56. The van der Waals surface area contributed by atoms with E-state index < -0.39 is 8.07 Å². The third-order valence-corrected chi connectivity index (χ3v) is 6.13. The van der Waals surface area contributed by atoms with Crippen LogP contribution < -0.4 is 9.92 Å². The summed E-state index contributed by atoms with van der Waals surface area (Å²) in [5.41, 5.74) is 2.05. The van der Waals surface area contributed by atoms with Crippen molar-refractivity contribution in [1.82, 2.24) is 4.90 Å². The summed E-state index contributed by atoms with van der Waals surface area (Å²) in [6, 6.07) is 16.3. The summed E-state index contributed by atoms with van der Waals surface area (Å²) in [5.74, 6) is 0.722. The molecule has 0 aliphatic rings. The lowest BCUT2D eigenvalue weighted by Gasteiger charge is -2.25. The molecule has 0 saturated carbocycles. The fourth-order valence-corrected chi connectivity index (χ4v) is 4.18. The van der Waals surface area contributed by atoms with Gasteiger partial charge < -0.3 is 9.64 Å². The number of benzene rings is 2. The van der Waals surface area contributed by atoms with Gasteiger partial charge in [0.2, 0.25) is 0 Å². The van der Waals surface area contributed by atoms with Crippen molar-refractivity contribution in [1.29, 1.82) is 0 Å². The molecule has 0 fully saturated rings. The van der Waals surface area contributed by atoms with Crippen LogP contribution in [0.25, 0.3) is 11.1 Å². The second-order valence-electron chi connectivity index (χ2n) is 6.84. The maximum Gasteiger partial charge on any atom is 0.415 e. The van der Waals surface area contributed by atoms with Gasteiger partial charge >= 0.3 is 6.09 Å². The van der Waals surface area contributed by atoms with E-state index in [2.05, 4.69) is 43.9 Å². The minimum Gasteiger partial charge on any atom is -0.410 e. The van der Waals surface area contributed by atoms with Crippen LogP contribution in [-0.2, 0) is 0 Å². The fraction of sp³-hybridized carbons (Fsp3) is 0.350. The Morgan fingerprint density at radius 2 is 1.58 bits per heavy atom. The van der Waals surface area contributed by atoms with Crippen molar-refractivity contribution < 1.29 is 9.53 Å². The number of para-hydroxylation sites is 1. The van der Waals surface area contributed by atoms with Crippen LogP contribution in [0, 0.1) is 0 Å². The topological polar surface area (TPSA) is 29.5 Å². The van der Waals surface area contributed by atoms with E-state index in [0.717, 1.165) is 16.9 Å². The summed E-state index contributed by atoms with van der Waals surface area (Å²) < 4.78 is 5.92. The maximum atomic E-state index is 12.6. The zero-order valence-corrected chi connectivity index (χ0v) is 16.3. The van der Waals surface area contributed by atoms with Gasteiger partial charge in [0.05, 0.1) is 8.07 Å². The summed E-state index contributed by atoms with van der Waals surface area (Å²) in [6.07, 6.45) is -0.275. The zero-order chi connectivity index (χ0) is 17.7. The maximum absolute atomic E-state index is 12.6. The Balaban J connectivity index is 2.55. The van der Waals surface area contributed by atoms with E-state index in [-0.39, 0.29) is 6.09 Å². The van der Waals surface area contributed by atoms with Crippen LogP contribution in [0.2, 0.25) is 19.6 Å². The molecule has 0 unspecified atom stereocenters. The molecule has 2 aromatic rings. The highest BCUT2D eigenvalue weighted by Crippen LogP contribution is 2.30. The van der Waals surface area contributed by atoms with Gasteiger partial charge in [-0.25, -0.2) is 4.79 Å². The van der Waals surface area contributed by atoms with Crippen molar-refractivity contribution in [2.45, 2.75) is 33.5 Å².